The van der Waals surface area contributed by atoms with E-state index in [1.54, 1.807) is 25.1 Å². The summed E-state index contributed by atoms with van der Waals surface area (Å²) in [6, 6.07) is 11.9. The summed E-state index contributed by atoms with van der Waals surface area (Å²) < 4.78 is 19.2. The van der Waals surface area contributed by atoms with Gasteiger partial charge in [-0.1, -0.05) is 19.1 Å². The normalized spacial score (nSPS) is 11.4. The van der Waals surface area contributed by atoms with E-state index < -0.39 is 29.7 Å². The van der Waals surface area contributed by atoms with E-state index in [1.807, 2.05) is 0 Å². The molecule has 0 radical (unpaired) electrons. The molecule has 0 bridgehead atoms. The Labute approximate surface area is 161 Å². The molecule has 0 fully saturated rings. The maximum Gasteiger partial charge on any atom is 0.305 e. The zero-order valence-electron chi connectivity index (χ0n) is 15.3. The Morgan fingerprint density at radius 1 is 1.11 bits per heavy atom. The van der Waals surface area contributed by atoms with E-state index in [0.29, 0.717) is 17.7 Å². The minimum Gasteiger partial charge on any atom is -0.481 e. The van der Waals surface area contributed by atoms with E-state index in [2.05, 4.69) is 10.6 Å². The smallest absolute Gasteiger partial charge is 0.305 e. The van der Waals surface area contributed by atoms with Gasteiger partial charge < -0.3 is 20.5 Å². The molecule has 148 valence electrons. The Kier molecular flexibility index (Phi) is 7.50. The van der Waals surface area contributed by atoms with E-state index in [0.717, 1.165) is 0 Å². The van der Waals surface area contributed by atoms with Crippen LogP contribution in [0.2, 0.25) is 0 Å². The van der Waals surface area contributed by atoms with Gasteiger partial charge >= 0.3 is 5.97 Å². The summed E-state index contributed by atoms with van der Waals surface area (Å²) in [4.78, 5) is 34.7. The lowest BCUT2D eigenvalue weighted by molar-refractivity contribution is -0.136. The second-order valence-electron chi connectivity index (χ2n) is 5.91. The number of carbonyl (C=O) groups is 3. The van der Waals surface area contributed by atoms with Crippen LogP contribution in [-0.4, -0.2) is 35.5 Å². The van der Waals surface area contributed by atoms with Crippen molar-refractivity contribution in [2.75, 3.05) is 11.9 Å². The number of hydrogen-bond acceptors (Lipinski definition) is 4. The fourth-order valence-corrected chi connectivity index (χ4v) is 2.33. The number of halogens is 1. The van der Waals surface area contributed by atoms with Crippen LogP contribution in [0, 0.1) is 5.82 Å². The molecule has 0 saturated carbocycles. The van der Waals surface area contributed by atoms with Crippen molar-refractivity contribution in [1.29, 1.82) is 0 Å². The number of hydrogen-bond donors (Lipinski definition) is 3. The van der Waals surface area contributed by atoms with Crippen molar-refractivity contribution < 1.29 is 28.6 Å². The lowest BCUT2D eigenvalue weighted by atomic mass is 10.2. The highest BCUT2D eigenvalue weighted by molar-refractivity contribution is 5.97. The second-order valence-corrected chi connectivity index (χ2v) is 5.91. The molecule has 0 heterocycles. The summed E-state index contributed by atoms with van der Waals surface area (Å²) in [7, 11) is 0. The molecule has 1 unspecified atom stereocenters. The summed E-state index contributed by atoms with van der Waals surface area (Å²) in [5.74, 6) is -2.40. The third kappa shape index (κ3) is 6.08. The van der Waals surface area contributed by atoms with Crippen LogP contribution in [-0.2, 0) is 9.59 Å². The number of ether oxygens (including phenoxy) is 1. The summed E-state index contributed by atoms with van der Waals surface area (Å²) >= 11 is 0. The minimum atomic E-state index is -0.999. The van der Waals surface area contributed by atoms with Crippen LogP contribution in [0.25, 0.3) is 0 Å². The van der Waals surface area contributed by atoms with Crippen LogP contribution in [0.3, 0.4) is 0 Å². The third-order valence-electron chi connectivity index (χ3n) is 3.81. The van der Waals surface area contributed by atoms with Crippen LogP contribution < -0.4 is 15.4 Å². The molecule has 28 heavy (non-hydrogen) atoms. The standard InChI is InChI=1S/C20H21FN2O5/c1-2-16(28-17-6-4-3-5-15(17)21)20(27)23-14-9-7-13(8-10-14)19(26)22-12-11-18(24)25/h3-10,16H,2,11-12H2,1H3,(H,22,26)(H,23,27)(H,24,25). The Morgan fingerprint density at radius 2 is 1.79 bits per heavy atom. The number of para-hydroxylation sites is 1. The Morgan fingerprint density at radius 3 is 2.39 bits per heavy atom. The Bertz CT molecular complexity index is 839. The number of carbonyl (C=O) groups excluding carboxylic acids is 2. The SMILES string of the molecule is CCC(Oc1ccccc1F)C(=O)Nc1ccc(C(=O)NCCC(=O)O)cc1. The van der Waals surface area contributed by atoms with Gasteiger partial charge in [-0.3, -0.25) is 14.4 Å². The zero-order valence-corrected chi connectivity index (χ0v) is 15.3. The molecule has 8 heteroatoms. The first kappa shape index (κ1) is 20.9. The molecule has 2 aromatic rings. The van der Waals surface area contributed by atoms with Crippen molar-refractivity contribution in [2.24, 2.45) is 0 Å². The van der Waals surface area contributed by atoms with Gasteiger partial charge in [0.05, 0.1) is 6.42 Å². The van der Waals surface area contributed by atoms with Gasteiger partial charge in [-0.2, -0.15) is 0 Å². The highest BCUT2D eigenvalue weighted by Gasteiger charge is 2.20. The van der Waals surface area contributed by atoms with Gasteiger partial charge in [0.2, 0.25) is 0 Å². The molecule has 0 aromatic heterocycles. The number of aliphatic carboxylic acids is 1. The van der Waals surface area contributed by atoms with Gasteiger partial charge in [-0.15, -0.1) is 0 Å². The van der Waals surface area contributed by atoms with Gasteiger partial charge in [0.25, 0.3) is 11.8 Å². The van der Waals surface area contributed by atoms with Crippen molar-refractivity contribution in [3.05, 3.63) is 59.9 Å². The van der Waals surface area contributed by atoms with E-state index in [1.165, 1.54) is 30.3 Å². The first-order chi connectivity index (χ1) is 13.4. The molecule has 0 aliphatic heterocycles. The maximum absolute atomic E-state index is 13.7. The van der Waals surface area contributed by atoms with Crippen molar-refractivity contribution in [3.63, 3.8) is 0 Å². The Hall–Kier alpha value is -3.42. The molecular weight excluding hydrogens is 367 g/mol. The van der Waals surface area contributed by atoms with Gasteiger partial charge in [0.15, 0.2) is 17.7 Å². The molecule has 3 N–H and O–H groups in total. The summed E-state index contributed by atoms with van der Waals surface area (Å²) in [5, 5.41) is 13.7. The fraction of sp³-hybridized carbons (Fsp3) is 0.250. The first-order valence-electron chi connectivity index (χ1n) is 8.72. The molecule has 2 amide bonds. The maximum atomic E-state index is 13.7. The van der Waals surface area contributed by atoms with Gasteiger partial charge in [-0.05, 0) is 42.8 Å². The van der Waals surface area contributed by atoms with Crippen LogP contribution in [0.15, 0.2) is 48.5 Å². The molecule has 0 aliphatic rings. The average molecular weight is 388 g/mol. The monoisotopic (exact) mass is 388 g/mol. The molecule has 0 aliphatic carbocycles. The predicted octanol–water partition coefficient (Wildman–Crippen LogP) is 2.83. The van der Waals surface area contributed by atoms with Crippen LogP contribution in [0.4, 0.5) is 10.1 Å². The first-order valence-corrected chi connectivity index (χ1v) is 8.72. The van der Waals surface area contributed by atoms with Crippen LogP contribution >= 0.6 is 0 Å². The lowest BCUT2D eigenvalue weighted by Crippen LogP contribution is -2.32. The lowest BCUT2D eigenvalue weighted by Gasteiger charge is -2.17. The molecule has 7 nitrogen and oxygen atoms in total. The highest BCUT2D eigenvalue weighted by atomic mass is 19.1. The number of anilines is 1. The zero-order chi connectivity index (χ0) is 20.5. The van der Waals surface area contributed by atoms with Gasteiger partial charge in [0, 0.05) is 17.8 Å². The number of amides is 2. The summed E-state index contributed by atoms with van der Waals surface area (Å²) in [6.45, 7) is 1.77. The van der Waals surface area contributed by atoms with Crippen molar-refractivity contribution in [2.45, 2.75) is 25.9 Å². The van der Waals surface area contributed by atoms with Crippen LogP contribution in [0.1, 0.15) is 30.1 Å². The Balaban J connectivity index is 1.94. The van der Waals surface area contributed by atoms with Crippen molar-refractivity contribution in [3.8, 4) is 5.75 Å². The molecular formula is C20H21FN2O5. The number of rotatable bonds is 9. The number of nitrogens with one attached hydrogen (secondary N) is 2. The van der Waals surface area contributed by atoms with E-state index in [-0.39, 0.29) is 18.7 Å². The molecule has 0 spiro atoms. The number of benzene rings is 2. The topological polar surface area (TPSA) is 105 Å². The quantitative estimate of drug-likeness (QED) is 0.613. The van der Waals surface area contributed by atoms with Gasteiger partial charge in [0.1, 0.15) is 0 Å². The van der Waals surface area contributed by atoms with Crippen LogP contribution in [0.5, 0.6) is 5.75 Å². The van der Waals surface area contributed by atoms with Crippen molar-refractivity contribution >= 4 is 23.5 Å². The minimum absolute atomic E-state index is 0.00196. The average Bonchev–Trinajstić information content (AvgIpc) is 2.67. The number of carboxylic acid groups (broad SMARTS) is 1. The van der Waals surface area contributed by atoms with E-state index in [9.17, 15) is 18.8 Å². The van der Waals surface area contributed by atoms with E-state index in [4.69, 9.17) is 9.84 Å². The second kappa shape index (κ2) is 10.1. The van der Waals surface area contributed by atoms with E-state index >= 15 is 0 Å². The molecule has 0 saturated heterocycles. The largest absolute Gasteiger partial charge is 0.481 e. The van der Waals surface area contributed by atoms with Crippen molar-refractivity contribution in [1.82, 2.24) is 5.32 Å². The van der Waals surface area contributed by atoms with Gasteiger partial charge in [-0.25, -0.2) is 4.39 Å². The third-order valence-corrected chi connectivity index (χ3v) is 3.81. The molecule has 1 atom stereocenters. The highest BCUT2D eigenvalue weighted by Crippen LogP contribution is 2.19. The molecule has 2 rings (SSSR count). The number of carboxylic acids is 1. The predicted molar refractivity (Wildman–Crippen MR) is 101 cm³/mol. The summed E-state index contributed by atoms with van der Waals surface area (Å²) in [5.41, 5.74) is 0.778. The summed E-state index contributed by atoms with van der Waals surface area (Å²) in [6.07, 6.45) is -0.708. The molecule has 2 aromatic carbocycles. The fourth-order valence-electron chi connectivity index (χ4n) is 2.33.